The van der Waals surface area contributed by atoms with Gasteiger partial charge in [0.15, 0.2) is 11.6 Å². The van der Waals surface area contributed by atoms with E-state index in [1.54, 1.807) is 0 Å². The highest BCUT2D eigenvalue weighted by atomic mass is 16.5. The Hall–Kier alpha value is -1.77. The zero-order chi connectivity index (χ0) is 9.38. The van der Waals surface area contributed by atoms with E-state index < -0.39 is 0 Å². The van der Waals surface area contributed by atoms with Gasteiger partial charge < -0.3 is 10.1 Å². The molecule has 1 aliphatic heterocycles. The zero-order valence-corrected chi connectivity index (χ0v) is 7.58. The van der Waals surface area contributed by atoms with Crippen LogP contribution in [0.4, 0.5) is 5.82 Å². The summed E-state index contributed by atoms with van der Waals surface area (Å²) in [5.41, 5.74) is 0.948. The average Bonchev–Trinajstić information content (AvgIpc) is 2.26. The van der Waals surface area contributed by atoms with Crippen molar-refractivity contribution in [2.75, 3.05) is 18.5 Å². The van der Waals surface area contributed by atoms with Gasteiger partial charge in [-0.3, -0.25) is 0 Å². The first-order valence-electron chi connectivity index (χ1n) is 4.61. The van der Waals surface area contributed by atoms with Gasteiger partial charge in [0.2, 0.25) is 0 Å². The predicted molar refractivity (Wildman–Crippen MR) is 54.6 cm³/mol. The first-order chi connectivity index (χ1) is 6.93. The maximum Gasteiger partial charge on any atom is 0.169 e. The molecule has 0 atom stereocenters. The lowest BCUT2D eigenvalue weighted by Crippen LogP contribution is -2.18. The second kappa shape index (κ2) is 2.87. The van der Waals surface area contributed by atoms with Gasteiger partial charge in [-0.2, -0.15) is 0 Å². The van der Waals surface area contributed by atoms with Crippen molar-refractivity contribution in [3.63, 3.8) is 0 Å². The second-order valence-electron chi connectivity index (χ2n) is 3.23. The summed E-state index contributed by atoms with van der Waals surface area (Å²) in [6.45, 7) is 1.53. The number of nitrogens with zero attached hydrogens (tertiary/aromatic N) is 1. The summed E-state index contributed by atoms with van der Waals surface area (Å²) in [6.07, 6.45) is 0. The number of anilines is 1. The second-order valence-corrected chi connectivity index (χ2v) is 3.23. The zero-order valence-electron chi connectivity index (χ0n) is 7.58. The molecule has 0 spiro atoms. The molecule has 1 radical (unpaired) electrons. The minimum absolute atomic E-state index is 0.707. The third kappa shape index (κ3) is 1.09. The summed E-state index contributed by atoms with van der Waals surface area (Å²) < 4.78 is 5.50. The van der Waals surface area contributed by atoms with Crippen LogP contribution in [0.15, 0.2) is 24.3 Å². The van der Waals surface area contributed by atoms with Crippen LogP contribution in [0.1, 0.15) is 0 Å². The molecule has 3 heteroatoms. The number of aromatic nitrogens is 1. The van der Waals surface area contributed by atoms with Gasteiger partial charge in [-0.05, 0) is 18.2 Å². The number of benzene rings is 1. The van der Waals surface area contributed by atoms with E-state index in [0.717, 1.165) is 29.0 Å². The fraction of sp³-hybridized carbons (Fsp3) is 0.182. The molecule has 1 aromatic heterocycles. The van der Waals surface area contributed by atoms with Gasteiger partial charge in [-0.1, -0.05) is 12.1 Å². The molecule has 0 bridgehead atoms. The Morgan fingerprint density at radius 2 is 2.50 bits per heavy atom. The molecule has 1 N–H and O–H groups in total. The maximum absolute atomic E-state index is 5.50. The molecule has 1 aromatic carbocycles. The van der Waals surface area contributed by atoms with Crippen LogP contribution in [-0.4, -0.2) is 18.1 Å². The Bertz CT molecular complexity index is 437. The van der Waals surface area contributed by atoms with Crippen molar-refractivity contribution in [2.45, 2.75) is 0 Å². The summed E-state index contributed by atoms with van der Waals surface area (Å²) >= 11 is 0. The van der Waals surface area contributed by atoms with E-state index in [4.69, 9.17) is 4.74 Å². The molecule has 0 unspecified atom stereocenters. The van der Waals surface area contributed by atoms with Crippen LogP contribution in [0, 0.1) is 6.07 Å². The van der Waals surface area contributed by atoms with Crippen LogP contribution >= 0.6 is 0 Å². The van der Waals surface area contributed by atoms with Crippen LogP contribution in [0.5, 0.6) is 5.75 Å². The monoisotopic (exact) mass is 185 g/mol. The molecule has 2 heterocycles. The first-order valence-corrected chi connectivity index (χ1v) is 4.61. The highest BCUT2D eigenvalue weighted by Gasteiger charge is 2.11. The van der Waals surface area contributed by atoms with Crippen molar-refractivity contribution in [3.8, 4) is 5.75 Å². The van der Waals surface area contributed by atoms with Crippen molar-refractivity contribution in [2.24, 2.45) is 0 Å². The molecule has 3 nitrogen and oxygen atoms in total. The van der Waals surface area contributed by atoms with E-state index >= 15 is 0 Å². The SMILES string of the molecule is [c]1ccc2cc3c(nc2c1)NCCO3. The number of hydrogen-bond donors (Lipinski definition) is 1. The van der Waals surface area contributed by atoms with E-state index in [1.165, 1.54) is 0 Å². The lowest BCUT2D eigenvalue weighted by molar-refractivity contribution is 0.322. The summed E-state index contributed by atoms with van der Waals surface area (Å²) in [5, 5.41) is 4.29. The van der Waals surface area contributed by atoms with Crippen molar-refractivity contribution in [1.82, 2.24) is 4.98 Å². The smallest absolute Gasteiger partial charge is 0.169 e. The van der Waals surface area contributed by atoms with Gasteiger partial charge in [0.25, 0.3) is 0 Å². The van der Waals surface area contributed by atoms with E-state index in [1.807, 2.05) is 24.3 Å². The summed E-state index contributed by atoms with van der Waals surface area (Å²) in [7, 11) is 0. The Morgan fingerprint density at radius 1 is 1.50 bits per heavy atom. The normalized spacial score (nSPS) is 14.3. The Labute approximate surface area is 81.7 Å². The van der Waals surface area contributed by atoms with Gasteiger partial charge >= 0.3 is 0 Å². The van der Waals surface area contributed by atoms with E-state index in [9.17, 15) is 0 Å². The summed E-state index contributed by atoms with van der Waals surface area (Å²) in [6, 6.07) is 10.8. The van der Waals surface area contributed by atoms with Gasteiger partial charge in [-0.15, -0.1) is 0 Å². The number of nitrogens with one attached hydrogen (secondary N) is 1. The molecule has 0 aliphatic carbocycles. The van der Waals surface area contributed by atoms with Crippen molar-refractivity contribution in [3.05, 3.63) is 30.3 Å². The van der Waals surface area contributed by atoms with Crippen LogP contribution in [0.2, 0.25) is 0 Å². The quantitative estimate of drug-likeness (QED) is 0.680. The topological polar surface area (TPSA) is 34.2 Å². The van der Waals surface area contributed by atoms with Crippen molar-refractivity contribution >= 4 is 16.7 Å². The molecule has 69 valence electrons. The molecule has 0 amide bonds. The highest BCUT2D eigenvalue weighted by molar-refractivity contribution is 5.83. The fourth-order valence-corrected chi connectivity index (χ4v) is 1.60. The Morgan fingerprint density at radius 3 is 3.50 bits per heavy atom. The maximum atomic E-state index is 5.50. The third-order valence-electron chi connectivity index (χ3n) is 2.28. The molecule has 0 saturated carbocycles. The molecule has 2 aromatic rings. The lowest BCUT2D eigenvalue weighted by atomic mass is 10.2. The summed E-state index contributed by atoms with van der Waals surface area (Å²) in [5.74, 6) is 1.68. The minimum Gasteiger partial charge on any atom is -0.488 e. The average molecular weight is 185 g/mol. The Kier molecular flexibility index (Phi) is 1.56. The molecule has 0 fully saturated rings. The largest absolute Gasteiger partial charge is 0.488 e. The van der Waals surface area contributed by atoms with Gasteiger partial charge in [0.05, 0.1) is 12.1 Å². The number of rotatable bonds is 0. The number of pyridine rings is 1. The molecule has 3 rings (SSSR count). The van der Waals surface area contributed by atoms with Gasteiger partial charge in [0, 0.05) is 5.39 Å². The van der Waals surface area contributed by atoms with E-state index in [2.05, 4.69) is 16.4 Å². The van der Waals surface area contributed by atoms with Gasteiger partial charge in [0.1, 0.15) is 6.61 Å². The highest BCUT2D eigenvalue weighted by Crippen LogP contribution is 2.28. The van der Waals surface area contributed by atoms with Gasteiger partial charge in [-0.25, -0.2) is 4.98 Å². The fourth-order valence-electron chi connectivity index (χ4n) is 1.60. The molecular formula is C11H9N2O. The van der Waals surface area contributed by atoms with Crippen LogP contribution < -0.4 is 10.1 Å². The van der Waals surface area contributed by atoms with Crippen molar-refractivity contribution < 1.29 is 4.74 Å². The number of ether oxygens (including phenoxy) is 1. The van der Waals surface area contributed by atoms with E-state index in [0.29, 0.717) is 6.61 Å². The Balaban J connectivity index is 2.27. The molecule has 0 saturated heterocycles. The molecule has 1 aliphatic rings. The molecule has 14 heavy (non-hydrogen) atoms. The predicted octanol–water partition coefficient (Wildman–Crippen LogP) is 1.84. The van der Waals surface area contributed by atoms with Crippen LogP contribution in [0.3, 0.4) is 0 Å². The van der Waals surface area contributed by atoms with E-state index in [-0.39, 0.29) is 0 Å². The third-order valence-corrected chi connectivity index (χ3v) is 2.28. The molecular weight excluding hydrogens is 176 g/mol. The number of hydrogen-bond acceptors (Lipinski definition) is 3. The first kappa shape index (κ1) is 7.62. The van der Waals surface area contributed by atoms with Crippen molar-refractivity contribution in [1.29, 1.82) is 0 Å². The lowest BCUT2D eigenvalue weighted by Gasteiger charge is -2.18. The van der Waals surface area contributed by atoms with Crippen LogP contribution in [-0.2, 0) is 0 Å². The van der Waals surface area contributed by atoms with Crippen LogP contribution in [0.25, 0.3) is 10.9 Å². The standard InChI is InChI=1S/C11H9N2O/c1-2-4-9-8(3-1)7-10-11(13-9)12-5-6-14-10/h1,3-4,7H,5-6H2,(H,12,13). The number of fused-ring (bicyclic) bond motifs is 2. The summed E-state index contributed by atoms with van der Waals surface area (Å²) in [4.78, 5) is 4.45. The minimum atomic E-state index is 0.707.